The Labute approximate surface area is 130 Å². The second-order valence-corrected chi connectivity index (χ2v) is 5.46. The summed E-state index contributed by atoms with van der Waals surface area (Å²) in [4.78, 5) is 4.14. The lowest BCUT2D eigenvalue weighted by Crippen LogP contribution is -2.30. The molecule has 1 aromatic heterocycles. The van der Waals surface area contributed by atoms with E-state index in [2.05, 4.69) is 10.4 Å². The highest BCUT2D eigenvalue weighted by atomic mass is 35.5. The Balaban J connectivity index is 2.31. The summed E-state index contributed by atoms with van der Waals surface area (Å²) < 4.78 is 13.7. The minimum absolute atomic E-state index is 0.261. The average molecular weight is 335 g/mol. The van der Waals surface area contributed by atoms with Gasteiger partial charge in [-0.25, -0.2) is 4.39 Å². The third-order valence-electron chi connectivity index (χ3n) is 2.80. The van der Waals surface area contributed by atoms with Crippen LogP contribution >= 0.6 is 34.8 Å². The van der Waals surface area contributed by atoms with Gasteiger partial charge in [-0.3, -0.25) is 16.3 Å². The lowest BCUT2D eigenvalue weighted by atomic mass is 10.0. The van der Waals surface area contributed by atoms with Crippen LogP contribution in [0, 0.1) is 5.82 Å². The van der Waals surface area contributed by atoms with Gasteiger partial charge in [0.05, 0.1) is 21.8 Å². The molecule has 3 nitrogen and oxygen atoms in total. The number of hydrogen-bond donors (Lipinski definition) is 2. The SMILES string of the molecule is NNC(Cc1cc(Cl)ccc1F)c1ncc(Cl)cc1Cl. The Morgan fingerprint density at radius 1 is 1.20 bits per heavy atom. The van der Waals surface area contributed by atoms with Crippen LogP contribution in [0.1, 0.15) is 17.3 Å². The fourth-order valence-corrected chi connectivity index (χ4v) is 2.54. The van der Waals surface area contributed by atoms with Crippen LogP contribution in [0.2, 0.25) is 15.1 Å². The van der Waals surface area contributed by atoms with Gasteiger partial charge in [-0.05, 0) is 36.2 Å². The zero-order chi connectivity index (χ0) is 14.7. The van der Waals surface area contributed by atoms with E-state index in [4.69, 9.17) is 40.6 Å². The van der Waals surface area contributed by atoms with Crippen molar-refractivity contribution in [2.75, 3.05) is 0 Å². The van der Waals surface area contributed by atoms with Crippen LogP contribution in [0.4, 0.5) is 4.39 Å². The van der Waals surface area contributed by atoms with E-state index in [1.807, 2.05) is 0 Å². The molecule has 0 aliphatic rings. The van der Waals surface area contributed by atoms with Gasteiger partial charge in [-0.1, -0.05) is 34.8 Å². The van der Waals surface area contributed by atoms with Crippen molar-refractivity contribution < 1.29 is 4.39 Å². The first-order valence-electron chi connectivity index (χ1n) is 5.72. The van der Waals surface area contributed by atoms with Crippen molar-refractivity contribution in [3.05, 3.63) is 62.6 Å². The summed E-state index contributed by atoms with van der Waals surface area (Å²) in [6.07, 6.45) is 1.72. The molecule has 0 aliphatic heterocycles. The number of aromatic nitrogens is 1. The summed E-state index contributed by atoms with van der Waals surface area (Å²) in [6, 6.07) is 5.45. The number of pyridine rings is 1. The summed E-state index contributed by atoms with van der Waals surface area (Å²) in [5.41, 5.74) is 3.50. The van der Waals surface area contributed by atoms with Gasteiger partial charge in [-0.15, -0.1) is 0 Å². The van der Waals surface area contributed by atoms with Crippen molar-refractivity contribution in [1.29, 1.82) is 0 Å². The minimum atomic E-state index is -0.451. The summed E-state index contributed by atoms with van der Waals surface area (Å²) in [5.74, 6) is 5.15. The number of halogens is 4. The molecule has 1 heterocycles. The molecule has 2 rings (SSSR count). The highest BCUT2D eigenvalue weighted by Gasteiger charge is 2.18. The second kappa shape index (κ2) is 6.70. The smallest absolute Gasteiger partial charge is 0.126 e. The van der Waals surface area contributed by atoms with E-state index < -0.39 is 6.04 Å². The minimum Gasteiger partial charge on any atom is -0.271 e. The highest BCUT2D eigenvalue weighted by molar-refractivity contribution is 6.34. The molecule has 0 radical (unpaired) electrons. The first-order valence-corrected chi connectivity index (χ1v) is 6.85. The van der Waals surface area contributed by atoms with Gasteiger partial charge in [0.1, 0.15) is 5.82 Å². The molecule has 7 heteroatoms. The number of hydrazine groups is 1. The molecule has 0 saturated heterocycles. The third kappa shape index (κ3) is 3.59. The topological polar surface area (TPSA) is 50.9 Å². The van der Waals surface area contributed by atoms with Crippen LogP contribution in [0.25, 0.3) is 0 Å². The predicted molar refractivity (Wildman–Crippen MR) is 79.4 cm³/mol. The molecule has 0 fully saturated rings. The molecule has 1 unspecified atom stereocenters. The van der Waals surface area contributed by atoms with Gasteiger partial charge in [0, 0.05) is 11.2 Å². The van der Waals surface area contributed by atoms with Crippen LogP contribution in [-0.2, 0) is 6.42 Å². The van der Waals surface area contributed by atoms with Crippen molar-refractivity contribution in [1.82, 2.24) is 10.4 Å². The largest absolute Gasteiger partial charge is 0.271 e. The molecule has 3 N–H and O–H groups in total. The number of nitrogens with two attached hydrogens (primary N) is 1. The van der Waals surface area contributed by atoms with E-state index >= 15 is 0 Å². The summed E-state index contributed by atoms with van der Waals surface area (Å²) in [7, 11) is 0. The van der Waals surface area contributed by atoms with E-state index in [1.165, 1.54) is 18.3 Å². The molecule has 2 aromatic rings. The van der Waals surface area contributed by atoms with Crippen molar-refractivity contribution in [3.8, 4) is 0 Å². The number of rotatable bonds is 4. The van der Waals surface area contributed by atoms with Crippen LogP contribution in [0.3, 0.4) is 0 Å². The number of nitrogens with one attached hydrogen (secondary N) is 1. The molecule has 106 valence electrons. The normalized spacial score (nSPS) is 12.4. The molecular weight excluding hydrogens is 324 g/mol. The molecule has 1 atom stereocenters. The maximum atomic E-state index is 13.7. The molecule has 0 bridgehead atoms. The molecule has 0 saturated carbocycles. The van der Waals surface area contributed by atoms with Crippen molar-refractivity contribution in [2.45, 2.75) is 12.5 Å². The standard InChI is InChI=1S/C13H11Cl3FN3/c14-8-1-2-11(17)7(3-8)4-12(20-18)13-10(16)5-9(15)6-19-13/h1-3,5-6,12,20H,4,18H2. The summed E-state index contributed by atoms with van der Waals surface area (Å²) >= 11 is 17.7. The van der Waals surface area contributed by atoms with E-state index in [-0.39, 0.29) is 12.2 Å². The van der Waals surface area contributed by atoms with Gasteiger partial charge >= 0.3 is 0 Å². The third-order valence-corrected chi connectivity index (χ3v) is 3.54. The van der Waals surface area contributed by atoms with Gasteiger partial charge in [0.2, 0.25) is 0 Å². The van der Waals surface area contributed by atoms with E-state index in [0.29, 0.717) is 26.3 Å². The number of nitrogens with zero attached hydrogens (tertiary/aromatic N) is 1. The van der Waals surface area contributed by atoms with Crippen molar-refractivity contribution in [3.63, 3.8) is 0 Å². The maximum Gasteiger partial charge on any atom is 0.126 e. The quantitative estimate of drug-likeness (QED) is 0.658. The Bertz CT molecular complexity index is 622. The van der Waals surface area contributed by atoms with E-state index in [9.17, 15) is 4.39 Å². The first kappa shape index (κ1) is 15.5. The fraction of sp³-hybridized carbons (Fsp3) is 0.154. The van der Waals surface area contributed by atoms with Gasteiger partial charge < -0.3 is 0 Å². The van der Waals surface area contributed by atoms with Crippen LogP contribution in [-0.4, -0.2) is 4.98 Å². The molecule has 0 aliphatic carbocycles. The van der Waals surface area contributed by atoms with Gasteiger partial charge in [0.25, 0.3) is 0 Å². The lowest BCUT2D eigenvalue weighted by molar-refractivity contribution is 0.519. The van der Waals surface area contributed by atoms with Crippen molar-refractivity contribution >= 4 is 34.8 Å². The first-order chi connectivity index (χ1) is 9.51. The molecule has 1 aromatic carbocycles. The Hall–Kier alpha value is -0.910. The Morgan fingerprint density at radius 2 is 1.95 bits per heavy atom. The predicted octanol–water partition coefficient (Wildman–Crippen LogP) is 3.93. The van der Waals surface area contributed by atoms with Gasteiger partial charge in [-0.2, -0.15) is 0 Å². The van der Waals surface area contributed by atoms with Crippen LogP contribution < -0.4 is 11.3 Å². The van der Waals surface area contributed by atoms with E-state index in [1.54, 1.807) is 12.1 Å². The molecule has 20 heavy (non-hydrogen) atoms. The monoisotopic (exact) mass is 333 g/mol. The average Bonchev–Trinajstić information content (AvgIpc) is 2.40. The Morgan fingerprint density at radius 3 is 2.60 bits per heavy atom. The summed E-state index contributed by atoms with van der Waals surface area (Å²) in [5, 5.41) is 1.23. The number of benzene rings is 1. The second-order valence-electron chi connectivity index (χ2n) is 4.18. The molecule has 0 spiro atoms. The maximum absolute atomic E-state index is 13.7. The van der Waals surface area contributed by atoms with E-state index in [0.717, 1.165) is 0 Å². The zero-order valence-electron chi connectivity index (χ0n) is 10.2. The van der Waals surface area contributed by atoms with Gasteiger partial charge in [0.15, 0.2) is 0 Å². The van der Waals surface area contributed by atoms with Crippen LogP contribution in [0.5, 0.6) is 0 Å². The summed E-state index contributed by atoms with van der Waals surface area (Å²) in [6.45, 7) is 0. The van der Waals surface area contributed by atoms with Crippen molar-refractivity contribution in [2.24, 2.45) is 5.84 Å². The Kier molecular flexibility index (Phi) is 5.18. The zero-order valence-corrected chi connectivity index (χ0v) is 12.5. The lowest BCUT2D eigenvalue weighted by Gasteiger charge is -2.17. The number of hydrogen-bond acceptors (Lipinski definition) is 3. The fourth-order valence-electron chi connectivity index (χ4n) is 1.84. The van der Waals surface area contributed by atoms with Crippen LogP contribution in [0.15, 0.2) is 30.5 Å². The molecule has 0 amide bonds. The molecular formula is C13H11Cl3FN3. The highest BCUT2D eigenvalue weighted by Crippen LogP contribution is 2.27.